The smallest absolute Gasteiger partial charge is 0.387 e. The van der Waals surface area contributed by atoms with E-state index in [4.69, 9.17) is 9.47 Å². The first kappa shape index (κ1) is 23.8. The van der Waals surface area contributed by atoms with Gasteiger partial charge in [-0.15, -0.1) is 0 Å². The third-order valence-corrected chi connectivity index (χ3v) is 5.00. The van der Waals surface area contributed by atoms with Gasteiger partial charge >= 0.3 is 19.2 Å². The van der Waals surface area contributed by atoms with Crippen molar-refractivity contribution in [3.8, 4) is 39.8 Å². The lowest BCUT2D eigenvalue weighted by molar-refractivity contribution is -0.0507. The van der Waals surface area contributed by atoms with Gasteiger partial charge in [-0.05, 0) is 24.3 Å². The average molecular weight is 495 g/mol. The number of carboxylic acid groups (broad SMARTS) is 1. The molecule has 0 aliphatic heterocycles. The van der Waals surface area contributed by atoms with Gasteiger partial charge in [-0.25, -0.2) is 4.79 Å². The van der Waals surface area contributed by atoms with Crippen molar-refractivity contribution < 1.29 is 41.7 Å². The number of halogens is 4. The summed E-state index contributed by atoms with van der Waals surface area (Å²) in [4.78, 5) is 13.0. The summed E-state index contributed by atoms with van der Waals surface area (Å²) in [6.45, 7) is -6.52. The third kappa shape index (κ3) is 4.54. The molecule has 0 aliphatic rings. The van der Waals surface area contributed by atoms with Crippen molar-refractivity contribution in [1.29, 1.82) is 0 Å². The first-order valence-electron chi connectivity index (χ1n) is 9.81. The van der Waals surface area contributed by atoms with Crippen molar-refractivity contribution in [3.05, 3.63) is 36.0 Å². The molecule has 184 valence electrons. The second-order valence-electron chi connectivity index (χ2n) is 7.17. The largest absolute Gasteiger partial charge is 0.496 e. The van der Waals surface area contributed by atoms with Gasteiger partial charge < -0.3 is 19.3 Å². The molecule has 1 N–H and O–H groups in total. The minimum absolute atomic E-state index is 0.110. The number of carboxylic acids is 1. The van der Waals surface area contributed by atoms with E-state index in [1.807, 2.05) is 0 Å². The Labute approximate surface area is 194 Å². The quantitative estimate of drug-likeness (QED) is 0.366. The van der Waals surface area contributed by atoms with Gasteiger partial charge in [0.25, 0.3) is 0 Å². The second-order valence-corrected chi connectivity index (χ2v) is 7.17. The van der Waals surface area contributed by atoms with Gasteiger partial charge in [0.15, 0.2) is 0 Å². The monoisotopic (exact) mass is 495 g/mol. The molecular weight excluding hydrogens is 478 g/mol. The Morgan fingerprint density at radius 1 is 0.943 bits per heavy atom. The van der Waals surface area contributed by atoms with E-state index >= 15 is 0 Å². The molecule has 0 bridgehead atoms. The van der Waals surface area contributed by atoms with Gasteiger partial charge in [0.05, 0.1) is 29.9 Å². The number of carbonyl (C=O) groups is 1. The van der Waals surface area contributed by atoms with E-state index in [9.17, 15) is 27.5 Å². The Balaban J connectivity index is 2.00. The Morgan fingerprint density at radius 2 is 1.57 bits per heavy atom. The lowest BCUT2D eigenvalue weighted by atomic mass is 10.0. The fraction of sp³-hybridized carbons (Fsp3) is 0.238. The Kier molecular flexibility index (Phi) is 6.20. The van der Waals surface area contributed by atoms with E-state index in [2.05, 4.69) is 20.0 Å². The molecule has 0 amide bonds. The molecule has 2 aromatic heterocycles. The molecule has 0 saturated carbocycles. The molecule has 0 atom stereocenters. The van der Waals surface area contributed by atoms with Crippen molar-refractivity contribution in [3.63, 3.8) is 0 Å². The number of alkyl halides is 4. The van der Waals surface area contributed by atoms with Crippen LogP contribution in [0.5, 0.6) is 17.2 Å². The highest BCUT2D eigenvalue weighted by Gasteiger charge is 2.26. The minimum Gasteiger partial charge on any atom is -0.496 e. The maximum absolute atomic E-state index is 13.3. The van der Waals surface area contributed by atoms with Crippen molar-refractivity contribution in [2.75, 3.05) is 7.11 Å². The zero-order valence-electron chi connectivity index (χ0n) is 18.4. The van der Waals surface area contributed by atoms with E-state index in [-0.39, 0.29) is 33.7 Å². The van der Waals surface area contributed by atoms with Crippen LogP contribution in [-0.2, 0) is 14.1 Å². The topological polar surface area (TPSA) is 114 Å². The number of benzene rings is 2. The van der Waals surface area contributed by atoms with Crippen LogP contribution in [0.3, 0.4) is 0 Å². The van der Waals surface area contributed by atoms with E-state index in [1.54, 1.807) is 13.1 Å². The zero-order chi connectivity index (χ0) is 25.4. The molecule has 4 rings (SSSR count). The van der Waals surface area contributed by atoms with Crippen molar-refractivity contribution in [2.24, 2.45) is 14.1 Å². The molecule has 2 heterocycles. The summed E-state index contributed by atoms with van der Waals surface area (Å²) >= 11 is 0. The van der Waals surface area contributed by atoms with Crippen LogP contribution in [-0.4, -0.2) is 56.2 Å². The number of hydrogen-bond donors (Lipinski definition) is 1. The van der Waals surface area contributed by atoms with Crippen molar-refractivity contribution in [1.82, 2.24) is 24.8 Å². The molecule has 0 saturated heterocycles. The Hall–Kier alpha value is -4.36. The van der Waals surface area contributed by atoms with Crippen LogP contribution in [0.4, 0.5) is 17.6 Å². The molecule has 10 nitrogen and oxygen atoms in total. The van der Waals surface area contributed by atoms with Gasteiger partial charge in [-0.3, -0.25) is 4.68 Å². The molecule has 4 aromatic rings. The maximum atomic E-state index is 13.3. The van der Waals surface area contributed by atoms with Crippen LogP contribution in [0.1, 0.15) is 10.4 Å². The fourth-order valence-electron chi connectivity index (χ4n) is 3.72. The van der Waals surface area contributed by atoms with Crippen LogP contribution >= 0.6 is 0 Å². The van der Waals surface area contributed by atoms with Gasteiger partial charge in [-0.2, -0.15) is 37.7 Å². The summed E-state index contributed by atoms with van der Waals surface area (Å²) < 4.78 is 68.3. The lowest BCUT2D eigenvalue weighted by Gasteiger charge is -2.15. The van der Waals surface area contributed by atoms with Gasteiger partial charge in [0.2, 0.25) is 0 Å². The predicted molar refractivity (Wildman–Crippen MR) is 113 cm³/mol. The summed E-state index contributed by atoms with van der Waals surface area (Å²) in [5.74, 6) is -2.79. The SMILES string of the molecule is COc1cc(-c2c3c(OC(F)F)cc(-c4cnn(C)n4)cc3nn2C)cc(OC(F)F)c1C(=O)O. The number of fused-ring (bicyclic) bond motifs is 1. The maximum Gasteiger partial charge on any atom is 0.387 e. The number of aromatic carboxylic acids is 1. The fourth-order valence-corrected chi connectivity index (χ4v) is 3.72. The predicted octanol–water partition coefficient (Wildman–Crippen LogP) is 3.95. The molecule has 0 fully saturated rings. The number of nitrogens with zero attached hydrogens (tertiary/aromatic N) is 5. The van der Waals surface area contributed by atoms with Gasteiger partial charge in [-0.1, -0.05) is 0 Å². The summed E-state index contributed by atoms with van der Waals surface area (Å²) in [7, 11) is 4.23. The van der Waals surface area contributed by atoms with Gasteiger partial charge in [0, 0.05) is 25.2 Å². The second kappa shape index (κ2) is 9.12. The highest BCUT2D eigenvalue weighted by Crippen LogP contribution is 2.42. The van der Waals surface area contributed by atoms with Crippen molar-refractivity contribution in [2.45, 2.75) is 13.2 Å². The molecule has 0 aliphatic carbocycles. The summed E-state index contributed by atoms with van der Waals surface area (Å²) in [5.41, 5.74) is 0.637. The molecular formula is C21H17F4N5O5. The van der Waals surface area contributed by atoms with Gasteiger partial charge in [0.1, 0.15) is 28.5 Å². The number of aromatic nitrogens is 5. The van der Waals surface area contributed by atoms with E-state index in [0.29, 0.717) is 11.3 Å². The van der Waals surface area contributed by atoms with Crippen LogP contribution in [0, 0.1) is 0 Å². The third-order valence-electron chi connectivity index (χ3n) is 5.00. The highest BCUT2D eigenvalue weighted by molar-refractivity contribution is 6.02. The standard InChI is InChI=1S/C21H17F4N5O5/c1-29-18(10-6-13(33-3)17(19(31)32)15(7-10)35-21(24)25)16-11(27-29)4-9(5-14(16)34-20(22)23)12-8-26-30(2)28-12/h4-8,20-21H,1-3H3,(H,31,32). The Morgan fingerprint density at radius 3 is 2.14 bits per heavy atom. The molecule has 0 unspecified atom stereocenters. The van der Waals surface area contributed by atoms with E-state index in [1.165, 1.54) is 34.9 Å². The Bertz CT molecular complexity index is 1420. The number of hydrogen-bond acceptors (Lipinski definition) is 7. The van der Waals surface area contributed by atoms with Crippen LogP contribution in [0.25, 0.3) is 33.4 Å². The van der Waals surface area contributed by atoms with Crippen LogP contribution < -0.4 is 14.2 Å². The van der Waals surface area contributed by atoms with E-state index in [0.717, 1.165) is 13.2 Å². The van der Waals surface area contributed by atoms with E-state index < -0.39 is 30.5 Å². The van der Waals surface area contributed by atoms with Crippen LogP contribution in [0.15, 0.2) is 30.5 Å². The summed E-state index contributed by atoms with van der Waals surface area (Å²) in [5, 5.41) is 22.1. The molecule has 2 aromatic carbocycles. The first-order valence-corrected chi connectivity index (χ1v) is 9.81. The molecule has 35 heavy (non-hydrogen) atoms. The minimum atomic E-state index is -3.33. The number of methoxy groups -OCH3 is 1. The zero-order valence-corrected chi connectivity index (χ0v) is 18.4. The normalized spacial score (nSPS) is 11.5. The molecule has 14 heteroatoms. The molecule has 0 spiro atoms. The average Bonchev–Trinajstić information content (AvgIpc) is 3.34. The van der Waals surface area contributed by atoms with Crippen LogP contribution in [0.2, 0.25) is 0 Å². The molecule has 0 radical (unpaired) electrons. The number of aryl methyl sites for hydroxylation is 2. The summed E-state index contributed by atoms with van der Waals surface area (Å²) in [6.07, 6.45) is 1.43. The van der Waals surface area contributed by atoms with Crippen molar-refractivity contribution >= 4 is 16.9 Å². The number of ether oxygens (including phenoxy) is 3. The highest BCUT2D eigenvalue weighted by atomic mass is 19.3. The first-order chi connectivity index (χ1) is 16.6. The number of rotatable bonds is 8. The summed E-state index contributed by atoms with van der Waals surface area (Å²) in [6, 6.07) is 5.18. The lowest BCUT2D eigenvalue weighted by Crippen LogP contribution is -2.10.